The third kappa shape index (κ3) is 4.99. The van der Waals surface area contributed by atoms with Gasteiger partial charge in [0.2, 0.25) is 5.91 Å². The molecule has 0 N–H and O–H groups in total. The maximum absolute atomic E-state index is 14.2. The van der Waals surface area contributed by atoms with Gasteiger partial charge >= 0.3 is 12.3 Å². The molecule has 0 aromatic heterocycles. The molecule has 0 radical (unpaired) electrons. The van der Waals surface area contributed by atoms with Crippen molar-refractivity contribution in [3.8, 4) is 0 Å². The number of oxime groups is 1. The molecular formula is C23H19Cl2F3N2O5. The summed E-state index contributed by atoms with van der Waals surface area (Å²) < 4.78 is 47.1. The molecule has 3 amide bonds. The molecule has 186 valence electrons. The monoisotopic (exact) mass is 530 g/mol. The number of ether oxygens (including phenoxy) is 1. The molecular weight excluding hydrogens is 512 g/mol. The Balaban J connectivity index is 1.96. The van der Waals surface area contributed by atoms with Gasteiger partial charge in [-0.2, -0.15) is 18.1 Å². The number of carbonyl (C=O) groups excluding carboxylic acids is 3. The summed E-state index contributed by atoms with van der Waals surface area (Å²) >= 11 is 11.8. The van der Waals surface area contributed by atoms with Crippen LogP contribution in [-0.4, -0.2) is 41.8 Å². The molecule has 12 heteroatoms. The molecule has 1 aliphatic heterocycles. The SMILES string of the molecule is CCC(=O)N(C(=O)OC)C(=O)c1ccc(C2=NOC(c3cc(Cl)cc(Cl)c3)(C(F)(F)F)C2)cc1C. The van der Waals surface area contributed by atoms with Gasteiger partial charge in [-0.05, 0) is 48.4 Å². The largest absolute Gasteiger partial charge is 0.452 e. The molecule has 1 unspecified atom stereocenters. The van der Waals surface area contributed by atoms with Gasteiger partial charge < -0.3 is 9.57 Å². The molecule has 1 aliphatic rings. The maximum Gasteiger partial charge on any atom is 0.435 e. The van der Waals surface area contributed by atoms with Crippen molar-refractivity contribution in [3.63, 3.8) is 0 Å². The van der Waals surface area contributed by atoms with E-state index in [1.165, 1.54) is 38.1 Å². The smallest absolute Gasteiger partial charge is 0.435 e. The minimum absolute atomic E-state index is 0.00340. The highest BCUT2D eigenvalue weighted by atomic mass is 35.5. The van der Waals surface area contributed by atoms with Crippen LogP contribution in [0.15, 0.2) is 41.6 Å². The lowest BCUT2D eigenvalue weighted by Crippen LogP contribution is -2.42. The molecule has 3 rings (SSSR count). The molecule has 0 bridgehead atoms. The fraction of sp³-hybridized carbons (Fsp3) is 0.304. The summed E-state index contributed by atoms with van der Waals surface area (Å²) in [4.78, 5) is 42.3. The van der Waals surface area contributed by atoms with E-state index in [0.717, 1.165) is 19.2 Å². The number of halogens is 5. The number of aryl methyl sites for hydroxylation is 1. The number of benzene rings is 2. The molecule has 35 heavy (non-hydrogen) atoms. The van der Waals surface area contributed by atoms with Crippen LogP contribution in [0.2, 0.25) is 10.0 Å². The Kier molecular flexibility index (Phi) is 7.47. The Bertz CT molecular complexity index is 1200. The summed E-state index contributed by atoms with van der Waals surface area (Å²) in [6.07, 6.45) is -6.81. The molecule has 2 aromatic rings. The highest BCUT2D eigenvalue weighted by Gasteiger charge is 2.62. The van der Waals surface area contributed by atoms with Crippen molar-refractivity contribution in [1.29, 1.82) is 0 Å². The summed E-state index contributed by atoms with van der Waals surface area (Å²) in [6, 6.07) is 7.58. The van der Waals surface area contributed by atoms with Gasteiger partial charge in [-0.25, -0.2) is 4.79 Å². The summed E-state index contributed by atoms with van der Waals surface area (Å²) in [5, 5.41) is 3.69. The first-order valence-electron chi connectivity index (χ1n) is 10.2. The lowest BCUT2D eigenvalue weighted by Gasteiger charge is -2.29. The van der Waals surface area contributed by atoms with Crippen LogP contribution >= 0.6 is 23.2 Å². The highest BCUT2D eigenvalue weighted by Crippen LogP contribution is 2.49. The average Bonchev–Trinajstić information content (AvgIpc) is 3.25. The first-order valence-corrected chi connectivity index (χ1v) is 10.9. The number of hydrogen-bond acceptors (Lipinski definition) is 6. The van der Waals surface area contributed by atoms with E-state index < -0.39 is 36.1 Å². The normalized spacial score (nSPS) is 17.4. The van der Waals surface area contributed by atoms with Crippen LogP contribution in [0.1, 0.15) is 46.8 Å². The second-order valence-electron chi connectivity index (χ2n) is 7.68. The number of nitrogens with zero attached hydrogens (tertiary/aromatic N) is 2. The van der Waals surface area contributed by atoms with Crippen molar-refractivity contribution >= 4 is 46.8 Å². The van der Waals surface area contributed by atoms with Gasteiger partial charge in [-0.1, -0.05) is 41.3 Å². The number of hydrogen-bond donors (Lipinski definition) is 0. The van der Waals surface area contributed by atoms with Crippen molar-refractivity contribution < 1.29 is 37.1 Å². The fourth-order valence-corrected chi connectivity index (χ4v) is 4.12. The molecule has 0 spiro atoms. The second-order valence-corrected chi connectivity index (χ2v) is 8.55. The van der Waals surface area contributed by atoms with E-state index in [-0.39, 0.29) is 38.9 Å². The van der Waals surface area contributed by atoms with Crippen LogP contribution in [0.3, 0.4) is 0 Å². The fourth-order valence-electron chi connectivity index (χ4n) is 3.60. The summed E-state index contributed by atoms with van der Waals surface area (Å²) in [6.45, 7) is 2.98. The van der Waals surface area contributed by atoms with Gasteiger partial charge in [0.1, 0.15) is 0 Å². The summed E-state index contributed by atoms with van der Waals surface area (Å²) in [5.41, 5.74) is -2.61. The zero-order chi connectivity index (χ0) is 26.1. The van der Waals surface area contributed by atoms with E-state index in [4.69, 9.17) is 28.0 Å². The predicted molar refractivity (Wildman–Crippen MR) is 121 cm³/mol. The molecule has 2 aromatic carbocycles. The van der Waals surface area contributed by atoms with Gasteiger partial charge in [0.25, 0.3) is 11.5 Å². The van der Waals surface area contributed by atoms with Crippen LogP contribution in [0.25, 0.3) is 0 Å². The number of methoxy groups -OCH3 is 1. The molecule has 1 atom stereocenters. The zero-order valence-corrected chi connectivity index (χ0v) is 20.2. The average molecular weight is 531 g/mol. The summed E-state index contributed by atoms with van der Waals surface area (Å²) in [7, 11) is 1.03. The van der Waals surface area contributed by atoms with Crippen molar-refractivity contribution in [3.05, 3.63) is 68.7 Å². The minimum atomic E-state index is -4.86. The molecule has 0 saturated carbocycles. The molecule has 0 aliphatic carbocycles. The van der Waals surface area contributed by atoms with Crippen molar-refractivity contribution in [2.24, 2.45) is 5.16 Å². The Hall–Kier alpha value is -3.11. The quantitative estimate of drug-likeness (QED) is 0.481. The number of rotatable bonds is 4. The van der Waals surface area contributed by atoms with Crippen molar-refractivity contribution in [1.82, 2.24) is 4.90 Å². The third-order valence-corrected chi connectivity index (χ3v) is 5.85. The summed E-state index contributed by atoms with van der Waals surface area (Å²) in [5.74, 6) is -1.69. The highest BCUT2D eigenvalue weighted by molar-refractivity contribution is 6.34. The van der Waals surface area contributed by atoms with Gasteiger partial charge in [0.05, 0.1) is 12.8 Å². The molecule has 0 saturated heterocycles. The van der Waals surface area contributed by atoms with E-state index in [2.05, 4.69) is 9.89 Å². The van der Waals surface area contributed by atoms with Crippen LogP contribution < -0.4 is 0 Å². The van der Waals surface area contributed by atoms with Crippen LogP contribution in [0.4, 0.5) is 18.0 Å². The number of amides is 3. The molecule has 7 nitrogen and oxygen atoms in total. The Morgan fingerprint density at radius 1 is 1.14 bits per heavy atom. The zero-order valence-electron chi connectivity index (χ0n) is 18.7. The van der Waals surface area contributed by atoms with Gasteiger partial charge in [-0.3, -0.25) is 9.59 Å². The van der Waals surface area contributed by atoms with Crippen LogP contribution in [0.5, 0.6) is 0 Å². The standard InChI is InChI=1S/C23H19Cl2F3N2O5/c1-4-19(31)30(21(33)34-3)20(32)17-6-5-13(7-12(17)2)18-11-22(35-29-18,23(26,27)28)14-8-15(24)10-16(25)9-14/h5-10H,4,11H2,1-3H3. The molecule has 0 fully saturated rings. The number of carbonyl (C=O) groups is 3. The first-order chi connectivity index (χ1) is 16.3. The minimum Gasteiger partial charge on any atom is -0.452 e. The second kappa shape index (κ2) is 9.87. The van der Waals surface area contributed by atoms with E-state index in [9.17, 15) is 27.6 Å². The topological polar surface area (TPSA) is 85.3 Å². The maximum atomic E-state index is 14.2. The Morgan fingerprint density at radius 2 is 1.77 bits per heavy atom. The van der Waals surface area contributed by atoms with Crippen LogP contribution in [0, 0.1) is 6.92 Å². The molecule has 1 heterocycles. The number of alkyl halides is 3. The Morgan fingerprint density at radius 3 is 2.29 bits per heavy atom. The van der Waals surface area contributed by atoms with E-state index in [1.54, 1.807) is 0 Å². The predicted octanol–water partition coefficient (Wildman–Crippen LogP) is 6.03. The van der Waals surface area contributed by atoms with Gasteiger partial charge in [0, 0.05) is 34.0 Å². The third-order valence-electron chi connectivity index (χ3n) is 5.42. The van der Waals surface area contributed by atoms with Gasteiger partial charge in [-0.15, -0.1) is 0 Å². The van der Waals surface area contributed by atoms with Gasteiger partial charge in [0.15, 0.2) is 0 Å². The van der Waals surface area contributed by atoms with Crippen molar-refractivity contribution in [2.45, 2.75) is 38.5 Å². The van der Waals surface area contributed by atoms with E-state index in [0.29, 0.717) is 10.5 Å². The number of imide groups is 3. The lowest BCUT2D eigenvalue weighted by atomic mass is 9.86. The first kappa shape index (κ1) is 26.5. The van der Waals surface area contributed by atoms with Crippen molar-refractivity contribution in [2.75, 3.05) is 7.11 Å². The van der Waals surface area contributed by atoms with Crippen LogP contribution in [-0.2, 0) is 20.0 Å². The lowest BCUT2D eigenvalue weighted by molar-refractivity contribution is -0.275. The Labute approximate surface area is 208 Å². The van der Waals surface area contributed by atoms with E-state index >= 15 is 0 Å². The van der Waals surface area contributed by atoms with E-state index in [1.807, 2.05) is 0 Å².